The Bertz CT molecular complexity index is 703. The number of methoxy groups -OCH3 is 1. The molecule has 10 heteroatoms. The lowest BCUT2D eigenvalue weighted by molar-refractivity contribution is -0.158. The highest BCUT2D eigenvalue weighted by Crippen LogP contribution is 2.13. The lowest BCUT2D eigenvalue weighted by Gasteiger charge is -2.25. The first-order valence-corrected chi connectivity index (χ1v) is 9.77. The Hall–Kier alpha value is -2.62. The van der Waals surface area contributed by atoms with Crippen molar-refractivity contribution >= 4 is 23.9 Å². The van der Waals surface area contributed by atoms with Crippen LogP contribution in [0, 0.1) is 0 Å². The van der Waals surface area contributed by atoms with Crippen molar-refractivity contribution in [3.63, 3.8) is 0 Å². The van der Waals surface area contributed by atoms with E-state index in [0.29, 0.717) is 0 Å². The van der Waals surface area contributed by atoms with E-state index < -0.39 is 41.4 Å². The Labute approximate surface area is 177 Å². The summed E-state index contributed by atoms with van der Waals surface area (Å²) in [5, 5.41) is 7.97. The first-order valence-electron chi connectivity index (χ1n) is 9.77. The van der Waals surface area contributed by atoms with Crippen LogP contribution in [0.1, 0.15) is 61.3 Å². The van der Waals surface area contributed by atoms with Crippen LogP contribution >= 0.6 is 0 Å². The molecular formula is C20H34N4O6. The van der Waals surface area contributed by atoms with E-state index in [9.17, 15) is 14.4 Å². The molecule has 0 aromatic heterocycles. The number of hydrogen-bond acceptors (Lipinski definition) is 8. The highest BCUT2D eigenvalue weighted by atomic mass is 16.6. The zero-order valence-electron chi connectivity index (χ0n) is 19.0. The molecule has 170 valence electrons. The summed E-state index contributed by atoms with van der Waals surface area (Å²) in [6.07, 6.45) is 1.17. The van der Waals surface area contributed by atoms with Gasteiger partial charge in [-0.1, -0.05) is 0 Å². The maximum atomic E-state index is 12.5. The van der Waals surface area contributed by atoms with Crippen LogP contribution in [0.15, 0.2) is 16.8 Å². The lowest BCUT2D eigenvalue weighted by Crippen LogP contribution is -2.52. The van der Waals surface area contributed by atoms with Crippen molar-refractivity contribution in [2.45, 2.75) is 84.8 Å². The van der Waals surface area contributed by atoms with Crippen molar-refractivity contribution in [1.82, 2.24) is 16.0 Å². The molecule has 0 spiro atoms. The van der Waals surface area contributed by atoms with Gasteiger partial charge in [0.2, 0.25) is 5.96 Å². The predicted octanol–water partition coefficient (Wildman–Crippen LogP) is 1.95. The molecule has 0 radical (unpaired) electrons. The molecule has 0 saturated carbocycles. The molecule has 0 saturated heterocycles. The van der Waals surface area contributed by atoms with Crippen molar-refractivity contribution in [2.24, 2.45) is 4.99 Å². The van der Waals surface area contributed by atoms with E-state index in [1.54, 1.807) is 54.5 Å². The van der Waals surface area contributed by atoms with E-state index in [1.807, 2.05) is 0 Å². The van der Waals surface area contributed by atoms with Crippen LogP contribution in [-0.4, -0.2) is 54.5 Å². The third kappa shape index (κ3) is 10.2. The zero-order chi connectivity index (χ0) is 23.1. The molecule has 1 heterocycles. The Kier molecular flexibility index (Phi) is 8.83. The molecule has 0 aliphatic carbocycles. The number of ether oxygens (including phenoxy) is 3. The van der Waals surface area contributed by atoms with Gasteiger partial charge in [-0.25, -0.2) is 14.6 Å². The summed E-state index contributed by atoms with van der Waals surface area (Å²) in [5.74, 6) is -0.944. The van der Waals surface area contributed by atoms with Crippen molar-refractivity contribution in [2.75, 3.05) is 7.11 Å². The normalized spacial score (nSPS) is 17.7. The Balaban J connectivity index is 2.79. The molecule has 30 heavy (non-hydrogen) atoms. The van der Waals surface area contributed by atoms with Crippen molar-refractivity contribution < 1.29 is 28.6 Å². The third-order valence-electron chi connectivity index (χ3n) is 3.49. The minimum Gasteiger partial charge on any atom is -0.460 e. The van der Waals surface area contributed by atoms with Crippen LogP contribution in [0.25, 0.3) is 0 Å². The minimum absolute atomic E-state index is 0.0246. The summed E-state index contributed by atoms with van der Waals surface area (Å²) in [6, 6.07) is -1.72. The maximum absolute atomic E-state index is 12.5. The molecule has 1 aliphatic rings. The highest BCUT2D eigenvalue weighted by Gasteiger charge is 2.29. The van der Waals surface area contributed by atoms with E-state index in [1.165, 1.54) is 7.11 Å². The van der Waals surface area contributed by atoms with Gasteiger partial charge >= 0.3 is 18.0 Å². The van der Waals surface area contributed by atoms with Gasteiger partial charge in [0, 0.05) is 19.2 Å². The fraction of sp³-hybridized carbons (Fsp3) is 0.700. The molecular weight excluding hydrogens is 392 g/mol. The van der Waals surface area contributed by atoms with Gasteiger partial charge in [-0.05, 0) is 61.0 Å². The maximum Gasteiger partial charge on any atom is 0.329 e. The van der Waals surface area contributed by atoms with Crippen LogP contribution in [0.3, 0.4) is 0 Å². The number of guanidine groups is 1. The summed E-state index contributed by atoms with van der Waals surface area (Å²) in [4.78, 5) is 41.2. The summed E-state index contributed by atoms with van der Waals surface area (Å²) in [5.41, 5.74) is -0.639. The highest BCUT2D eigenvalue weighted by molar-refractivity contribution is 5.98. The average molecular weight is 427 g/mol. The summed E-state index contributed by atoms with van der Waals surface area (Å²) < 4.78 is 15.8. The van der Waals surface area contributed by atoms with Gasteiger partial charge in [-0.3, -0.25) is 10.1 Å². The summed E-state index contributed by atoms with van der Waals surface area (Å²) in [7, 11) is 1.50. The van der Waals surface area contributed by atoms with E-state index in [2.05, 4.69) is 20.9 Å². The minimum atomic E-state index is -1.05. The van der Waals surface area contributed by atoms with Gasteiger partial charge in [0.25, 0.3) is 0 Å². The number of hydrogen-bond donors (Lipinski definition) is 3. The average Bonchev–Trinajstić information content (AvgIpc) is 2.54. The first kappa shape index (κ1) is 25.4. The molecule has 1 rings (SSSR count). The lowest BCUT2D eigenvalue weighted by atomic mass is 10.1. The molecule has 2 amide bonds. The van der Waals surface area contributed by atoms with Crippen LogP contribution in [0.4, 0.5) is 4.79 Å². The number of aliphatic imine (C=N–C) groups is 1. The second-order valence-electron chi connectivity index (χ2n) is 8.89. The Morgan fingerprint density at radius 3 is 2.27 bits per heavy atom. The number of amides is 2. The molecule has 0 fully saturated rings. The van der Waals surface area contributed by atoms with Gasteiger partial charge in [-0.15, -0.1) is 0 Å². The second kappa shape index (κ2) is 10.4. The fourth-order valence-electron chi connectivity index (χ4n) is 2.40. The predicted molar refractivity (Wildman–Crippen MR) is 112 cm³/mol. The smallest absolute Gasteiger partial charge is 0.329 e. The molecule has 2 atom stereocenters. The van der Waals surface area contributed by atoms with Gasteiger partial charge in [-0.2, -0.15) is 0 Å². The number of urea groups is 1. The quantitative estimate of drug-likeness (QED) is 0.554. The molecule has 0 aromatic carbocycles. The van der Waals surface area contributed by atoms with Crippen LogP contribution in [-0.2, 0) is 23.8 Å². The van der Waals surface area contributed by atoms with Gasteiger partial charge < -0.3 is 24.8 Å². The van der Waals surface area contributed by atoms with E-state index in [4.69, 9.17) is 14.2 Å². The first-order chi connectivity index (χ1) is 13.7. The van der Waals surface area contributed by atoms with Gasteiger partial charge in [0.15, 0.2) is 6.23 Å². The number of carbonyl (C=O) groups is 3. The number of nitrogens with one attached hydrogen (secondary N) is 3. The van der Waals surface area contributed by atoms with Crippen LogP contribution in [0.5, 0.6) is 0 Å². The fourth-order valence-corrected chi connectivity index (χ4v) is 2.40. The SMILES string of the molecule is COC1C=C(C)NC(NC(=O)N[C@@H](CCC(=O)OC(C)(C)C)C(=O)OC(C)(C)C)=N1. The van der Waals surface area contributed by atoms with Crippen molar-refractivity contribution in [3.8, 4) is 0 Å². The topological polar surface area (TPSA) is 127 Å². The standard InChI is InChI=1S/C20H34N4O6/c1-12-11-14(28-8)23-17(21-12)24-18(27)22-13(16(26)30-20(5,6)7)9-10-15(25)29-19(2,3)4/h11,13-14H,9-10H2,1-8H3,(H3,21,22,23,24,27)/t13-,14?/m0/s1. The van der Waals surface area contributed by atoms with E-state index in [-0.39, 0.29) is 18.8 Å². The van der Waals surface area contributed by atoms with E-state index >= 15 is 0 Å². The number of nitrogens with zero attached hydrogens (tertiary/aromatic N) is 1. The molecule has 0 bridgehead atoms. The number of rotatable bonds is 6. The largest absolute Gasteiger partial charge is 0.460 e. The number of carbonyl (C=O) groups excluding carboxylic acids is 3. The molecule has 1 aliphatic heterocycles. The number of esters is 2. The molecule has 3 N–H and O–H groups in total. The van der Waals surface area contributed by atoms with Crippen LogP contribution in [0.2, 0.25) is 0 Å². The Morgan fingerprint density at radius 1 is 1.13 bits per heavy atom. The third-order valence-corrected chi connectivity index (χ3v) is 3.49. The van der Waals surface area contributed by atoms with Crippen molar-refractivity contribution in [3.05, 3.63) is 11.8 Å². The van der Waals surface area contributed by atoms with Crippen LogP contribution < -0.4 is 16.0 Å². The second-order valence-corrected chi connectivity index (χ2v) is 8.89. The molecule has 0 aromatic rings. The molecule has 1 unspecified atom stereocenters. The monoisotopic (exact) mass is 426 g/mol. The zero-order valence-corrected chi connectivity index (χ0v) is 19.0. The van der Waals surface area contributed by atoms with E-state index in [0.717, 1.165) is 5.70 Å². The Morgan fingerprint density at radius 2 is 1.73 bits per heavy atom. The summed E-state index contributed by atoms with van der Waals surface area (Å²) in [6.45, 7) is 12.2. The molecule has 10 nitrogen and oxygen atoms in total. The summed E-state index contributed by atoms with van der Waals surface area (Å²) >= 11 is 0. The number of allylic oxidation sites excluding steroid dienone is 1. The van der Waals surface area contributed by atoms with Gasteiger partial charge in [0.05, 0.1) is 0 Å². The van der Waals surface area contributed by atoms with Gasteiger partial charge in [0.1, 0.15) is 17.2 Å². The van der Waals surface area contributed by atoms with Crippen molar-refractivity contribution in [1.29, 1.82) is 0 Å².